The van der Waals surface area contributed by atoms with Gasteiger partial charge in [0.05, 0.1) is 5.60 Å². The van der Waals surface area contributed by atoms with Gasteiger partial charge in [-0.25, -0.2) is 4.39 Å². The van der Waals surface area contributed by atoms with Crippen molar-refractivity contribution in [1.82, 2.24) is 0 Å². The maximum atomic E-state index is 13.3. The lowest BCUT2D eigenvalue weighted by atomic mass is 9.83. The molecule has 1 aliphatic rings. The van der Waals surface area contributed by atoms with E-state index >= 15 is 0 Å². The van der Waals surface area contributed by atoms with Crippen molar-refractivity contribution < 1.29 is 13.9 Å². The first-order valence-corrected chi connectivity index (χ1v) is 7.36. The molecule has 1 heterocycles. The highest BCUT2D eigenvalue weighted by Gasteiger charge is 2.39. The number of ether oxygens (including phenoxy) is 2. The van der Waals surface area contributed by atoms with E-state index in [0.29, 0.717) is 31.3 Å². The van der Waals surface area contributed by atoms with E-state index in [1.807, 2.05) is 6.92 Å². The molecule has 0 amide bonds. The quantitative estimate of drug-likeness (QED) is 0.909. The summed E-state index contributed by atoms with van der Waals surface area (Å²) in [6.45, 7) is 3.85. The van der Waals surface area contributed by atoms with Gasteiger partial charge in [-0.05, 0) is 37.1 Å². The third kappa shape index (κ3) is 3.50. The Balaban J connectivity index is 2.15. The van der Waals surface area contributed by atoms with Crippen LogP contribution in [0.5, 0.6) is 0 Å². The molecule has 2 rings (SSSR count). The van der Waals surface area contributed by atoms with Crippen molar-refractivity contribution >= 4 is 11.6 Å². The highest BCUT2D eigenvalue weighted by Crippen LogP contribution is 2.31. The van der Waals surface area contributed by atoms with E-state index in [0.717, 1.165) is 18.4 Å². The molecule has 3 nitrogen and oxygen atoms in total. The van der Waals surface area contributed by atoms with Crippen LogP contribution in [0.15, 0.2) is 18.2 Å². The molecule has 1 atom stereocenters. The van der Waals surface area contributed by atoms with Gasteiger partial charge in [0.1, 0.15) is 5.82 Å². The van der Waals surface area contributed by atoms with Crippen LogP contribution in [-0.4, -0.2) is 31.5 Å². The Labute approximate surface area is 124 Å². The predicted octanol–water partition coefficient (Wildman–Crippen LogP) is 2.93. The monoisotopic (exact) mass is 301 g/mol. The van der Waals surface area contributed by atoms with Gasteiger partial charge in [0.25, 0.3) is 0 Å². The van der Waals surface area contributed by atoms with E-state index < -0.39 is 5.60 Å². The molecular formula is C15H21ClFNO2. The molecule has 5 heteroatoms. The summed E-state index contributed by atoms with van der Waals surface area (Å²) in [6, 6.07) is 4.13. The first kappa shape index (κ1) is 15.7. The van der Waals surface area contributed by atoms with Crippen molar-refractivity contribution in [2.24, 2.45) is 5.73 Å². The maximum Gasteiger partial charge on any atom is 0.123 e. The van der Waals surface area contributed by atoms with Crippen molar-refractivity contribution in [3.8, 4) is 0 Å². The maximum absolute atomic E-state index is 13.3. The van der Waals surface area contributed by atoms with Crippen LogP contribution in [0, 0.1) is 5.82 Å². The Kier molecular flexibility index (Phi) is 5.38. The summed E-state index contributed by atoms with van der Waals surface area (Å²) in [5.41, 5.74) is 6.69. The molecule has 112 valence electrons. The first-order valence-electron chi connectivity index (χ1n) is 6.98. The van der Waals surface area contributed by atoms with Crippen LogP contribution in [0.1, 0.15) is 25.3 Å². The molecule has 1 aliphatic heterocycles. The van der Waals surface area contributed by atoms with Gasteiger partial charge in [0.15, 0.2) is 0 Å². The summed E-state index contributed by atoms with van der Waals surface area (Å²) in [7, 11) is 0. The third-order valence-electron chi connectivity index (χ3n) is 3.89. The fourth-order valence-electron chi connectivity index (χ4n) is 2.75. The summed E-state index contributed by atoms with van der Waals surface area (Å²) >= 11 is 6.11. The van der Waals surface area contributed by atoms with Gasteiger partial charge in [0, 0.05) is 43.7 Å². The molecule has 1 unspecified atom stereocenters. The van der Waals surface area contributed by atoms with E-state index in [4.69, 9.17) is 26.8 Å². The lowest BCUT2D eigenvalue weighted by molar-refractivity contribution is -0.120. The SMILES string of the molecule is CCOC1(C(N)Cc2cc(F)ccc2Cl)CCOCC1. The van der Waals surface area contributed by atoms with Crippen LogP contribution in [0.4, 0.5) is 4.39 Å². The molecule has 20 heavy (non-hydrogen) atoms. The van der Waals surface area contributed by atoms with Gasteiger partial charge < -0.3 is 15.2 Å². The van der Waals surface area contributed by atoms with E-state index in [-0.39, 0.29) is 11.9 Å². The molecule has 1 fully saturated rings. The van der Waals surface area contributed by atoms with Crippen LogP contribution in [-0.2, 0) is 15.9 Å². The van der Waals surface area contributed by atoms with E-state index in [1.165, 1.54) is 12.1 Å². The minimum Gasteiger partial charge on any atom is -0.381 e. The van der Waals surface area contributed by atoms with Crippen molar-refractivity contribution in [3.05, 3.63) is 34.6 Å². The van der Waals surface area contributed by atoms with Crippen molar-refractivity contribution in [1.29, 1.82) is 0 Å². The van der Waals surface area contributed by atoms with Gasteiger partial charge >= 0.3 is 0 Å². The van der Waals surface area contributed by atoms with E-state index in [2.05, 4.69) is 0 Å². The van der Waals surface area contributed by atoms with Crippen molar-refractivity contribution in [2.75, 3.05) is 19.8 Å². The molecule has 1 aromatic carbocycles. The number of hydrogen-bond acceptors (Lipinski definition) is 3. The van der Waals surface area contributed by atoms with Gasteiger partial charge in [-0.15, -0.1) is 0 Å². The lowest BCUT2D eigenvalue weighted by Crippen LogP contribution is -2.54. The number of halogens is 2. The zero-order chi connectivity index (χ0) is 14.6. The Bertz CT molecular complexity index is 444. The smallest absolute Gasteiger partial charge is 0.123 e. The standard InChI is InChI=1S/C15H21ClFNO2/c1-2-20-15(5-7-19-8-6-15)14(18)10-11-9-12(17)3-4-13(11)16/h3-4,9,14H,2,5-8,10,18H2,1H3. The van der Waals surface area contributed by atoms with Crippen molar-refractivity contribution in [2.45, 2.75) is 37.8 Å². The van der Waals surface area contributed by atoms with Crippen molar-refractivity contribution in [3.63, 3.8) is 0 Å². The zero-order valence-corrected chi connectivity index (χ0v) is 12.5. The largest absolute Gasteiger partial charge is 0.381 e. The normalized spacial score (nSPS) is 19.8. The minimum atomic E-state index is -0.400. The summed E-state index contributed by atoms with van der Waals surface area (Å²) in [5, 5.41) is 0.542. The second-order valence-electron chi connectivity index (χ2n) is 5.16. The number of hydrogen-bond donors (Lipinski definition) is 1. The summed E-state index contributed by atoms with van der Waals surface area (Å²) in [6.07, 6.45) is 2.01. The van der Waals surface area contributed by atoms with Gasteiger partial charge in [-0.1, -0.05) is 11.6 Å². The third-order valence-corrected chi connectivity index (χ3v) is 4.26. The molecule has 0 bridgehead atoms. The molecule has 0 saturated carbocycles. The first-order chi connectivity index (χ1) is 9.57. The minimum absolute atomic E-state index is 0.231. The Morgan fingerprint density at radius 2 is 2.15 bits per heavy atom. The Hall–Kier alpha value is -0.680. The second-order valence-corrected chi connectivity index (χ2v) is 5.56. The second kappa shape index (κ2) is 6.85. The van der Waals surface area contributed by atoms with Gasteiger partial charge in [-0.2, -0.15) is 0 Å². The van der Waals surface area contributed by atoms with Crippen LogP contribution in [0.2, 0.25) is 5.02 Å². The Morgan fingerprint density at radius 1 is 1.45 bits per heavy atom. The van der Waals surface area contributed by atoms with Crippen LogP contribution in [0.3, 0.4) is 0 Å². The molecule has 0 spiro atoms. The summed E-state index contributed by atoms with van der Waals surface area (Å²) in [5.74, 6) is -0.297. The molecule has 1 saturated heterocycles. The molecule has 0 aliphatic carbocycles. The predicted molar refractivity (Wildman–Crippen MR) is 77.5 cm³/mol. The van der Waals surface area contributed by atoms with Gasteiger partial charge in [0.2, 0.25) is 0 Å². The highest BCUT2D eigenvalue weighted by atomic mass is 35.5. The Morgan fingerprint density at radius 3 is 2.80 bits per heavy atom. The van der Waals surface area contributed by atoms with E-state index in [9.17, 15) is 4.39 Å². The van der Waals surface area contributed by atoms with Crippen LogP contribution in [0.25, 0.3) is 0 Å². The van der Waals surface area contributed by atoms with Crippen LogP contribution < -0.4 is 5.73 Å². The molecular weight excluding hydrogens is 281 g/mol. The number of rotatable bonds is 5. The molecule has 2 N–H and O–H groups in total. The number of benzene rings is 1. The lowest BCUT2D eigenvalue weighted by Gasteiger charge is -2.41. The topological polar surface area (TPSA) is 44.5 Å². The zero-order valence-electron chi connectivity index (χ0n) is 11.7. The fraction of sp³-hybridized carbons (Fsp3) is 0.600. The summed E-state index contributed by atoms with van der Waals surface area (Å²) in [4.78, 5) is 0. The fourth-order valence-corrected chi connectivity index (χ4v) is 2.94. The molecule has 0 aromatic heterocycles. The molecule has 0 radical (unpaired) electrons. The van der Waals surface area contributed by atoms with Gasteiger partial charge in [-0.3, -0.25) is 0 Å². The average molecular weight is 302 g/mol. The number of nitrogens with two attached hydrogens (primary N) is 1. The van der Waals surface area contributed by atoms with Crippen LogP contribution >= 0.6 is 11.6 Å². The highest BCUT2D eigenvalue weighted by molar-refractivity contribution is 6.31. The average Bonchev–Trinajstić information content (AvgIpc) is 2.44. The molecule has 1 aromatic rings. The summed E-state index contributed by atoms with van der Waals surface area (Å²) < 4.78 is 24.7. The van der Waals surface area contributed by atoms with E-state index in [1.54, 1.807) is 6.07 Å².